The minimum absolute atomic E-state index is 0.0455. The second-order valence-corrected chi connectivity index (χ2v) is 4.68. The maximum absolute atomic E-state index is 11.5. The molecule has 0 amide bonds. The van der Waals surface area contributed by atoms with Crippen molar-refractivity contribution in [3.8, 4) is 0 Å². The molecule has 80 valence electrons. The number of hydrogen-bond donors (Lipinski definition) is 2. The van der Waals surface area contributed by atoms with E-state index >= 15 is 0 Å². The molecular weight excluding hydrogens is 178 g/mol. The molecule has 2 N–H and O–H groups in total. The van der Waals surface area contributed by atoms with Gasteiger partial charge < -0.3 is 10.4 Å². The Morgan fingerprint density at radius 1 is 1.43 bits per heavy atom. The fourth-order valence-corrected chi connectivity index (χ4v) is 3.02. The Labute approximate surface area is 84.9 Å². The summed E-state index contributed by atoms with van der Waals surface area (Å²) in [4.78, 5) is 11.5. The maximum Gasteiger partial charge on any atom is 0.161 e. The lowest BCUT2D eigenvalue weighted by Gasteiger charge is -2.46. The number of ketones is 1. The molecule has 0 radical (unpaired) electrons. The van der Waals surface area contributed by atoms with Gasteiger partial charge >= 0.3 is 0 Å². The summed E-state index contributed by atoms with van der Waals surface area (Å²) in [6.45, 7) is 2.30. The molecule has 2 rings (SSSR count). The molecule has 0 aromatic heterocycles. The highest BCUT2D eigenvalue weighted by molar-refractivity contribution is 5.85. The quantitative estimate of drug-likeness (QED) is 0.655. The lowest BCUT2D eigenvalue weighted by atomic mass is 9.68. The molecule has 0 spiro atoms. The second-order valence-electron chi connectivity index (χ2n) is 4.68. The van der Waals surface area contributed by atoms with E-state index < -0.39 is 5.60 Å². The van der Waals surface area contributed by atoms with E-state index in [1.807, 2.05) is 0 Å². The molecule has 2 fully saturated rings. The lowest BCUT2D eigenvalue weighted by molar-refractivity contribution is -0.148. The van der Waals surface area contributed by atoms with Gasteiger partial charge in [-0.2, -0.15) is 0 Å². The zero-order valence-electron chi connectivity index (χ0n) is 8.75. The van der Waals surface area contributed by atoms with Gasteiger partial charge in [0.25, 0.3) is 0 Å². The minimum atomic E-state index is -1.03. The van der Waals surface area contributed by atoms with E-state index in [0.717, 1.165) is 25.8 Å². The SMILES string of the molecule is CC(=O)C1(O)CCNC2CCCCC21. The van der Waals surface area contributed by atoms with Gasteiger partial charge in [0.05, 0.1) is 0 Å². The van der Waals surface area contributed by atoms with Crippen LogP contribution in [-0.2, 0) is 4.79 Å². The molecule has 1 saturated carbocycles. The summed E-state index contributed by atoms with van der Waals surface area (Å²) in [6, 6.07) is 0.367. The van der Waals surface area contributed by atoms with E-state index in [2.05, 4.69) is 5.32 Å². The van der Waals surface area contributed by atoms with Crippen LogP contribution in [0.3, 0.4) is 0 Å². The first-order valence-corrected chi connectivity index (χ1v) is 5.61. The molecule has 1 saturated heterocycles. The van der Waals surface area contributed by atoms with Crippen LogP contribution in [0.2, 0.25) is 0 Å². The normalized spacial score (nSPS) is 43.0. The first-order valence-electron chi connectivity index (χ1n) is 5.61. The van der Waals surface area contributed by atoms with Gasteiger partial charge in [0.2, 0.25) is 0 Å². The zero-order chi connectivity index (χ0) is 10.2. The third kappa shape index (κ3) is 1.48. The van der Waals surface area contributed by atoms with Crippen molar-refractivity contribution in [3.05, 3.63) is 0 Å². The third-order valence-electron chi connectivity index (χ3n) is 3.90. The number of fused-ring (bicyclic) bond motifs is 1. The summed E-state index contributed by atoms with van der Waals surface area (Å²) in [5.41, 5.74) is -1.03. The van der Waals surface area contributed by atoms with E-state index in [-0.39, 0.29) is 11.7 Å². The molecular formula is C11H19NO2. The van der Waals surface area contributed by atoms with Gasteiger partial charge in [0.1, 0.15) is 5.60 Å². The first kappa shape index (κ1) is 10.1. The number of carbonyl (C=O) groups is 1. The number of piperidine rings is 1. The molecule has 3 unspecified atom stereocenters. The van der Waals surface area contributed by atoms with E-state index in [1.165, 1.54) is 13.3 Å². The number of carbonyl (C=O) groups excluding carboxylic acids is 1. The number of Topliss-reactive ketones (excluding diaryl/α,β-unsaturated/α-hetero) is 1. The summed E-state index contributed by atoms with van der Waals surface area (Å²) < 4.78 is 0. The van der Waals surface area contributed by atoms with Crippen molar-refractivity contribution in [1.82, 2.24) is 5.32 Å². The van der Waals surface area contributed by atoms with Crippen LogP contribution in [0.5, 0.6) is 0 Å². The van der Waals surface area contributed by atoms with Crippen LogP contribution in [-0.4, -0.2) is 29.1 Å². The Kier molecular flexibility index (Phi) is 2.62. The summed E-state index contributed by atoms with van der Waals surface area (Å²) in [7, 11) is 0. The summed E-state index contributed by atoms with van der Waals surface area (Å²) in [6.07, 6.45) is 5.07. The Morgan fingerprint density at radius 2 is 2.14 bits per heavy atom. The van der Waals surface area contributed by atoms with E-state index in [4.69, 9.17) is 0 Å². The molecule has 3 atom stereocenters. The van der Waals surface area contributed by atoms with Gasteiger partial charge in [-0.25, -0.2) is 0 Å². The van der Waals surface area contributed by atoms with Gasteiger partial charge in [-0.15, -0.1) is 0 Å². The van der Waals surface area contributed by atoms with Crippen molar-refractivity contribution in [1.29, 1.82) is 0 Å². The van der Waals surface area contributed by atoms with E-state index in [1.54, 1.807) is 0 Å². The van der Waals surface area contributed by atoms with Crippen molar-refractivity contribution in [2.75, 3.05) is 6.54 Å². The summed E-state index contributed by atoms with van der Waals surface area (Å²) in [5, 5.41) is 13.8. The average Bonchev–Trinajstić information content (AvgIpc) is 2.18. The molecule has 1 aliphatic carbocycles. The lowest BCUT2D eigenvalue weighted by Crippen LogP contribution is -2.60. The highest BCUT2D eigenvalue weighted by Gasteiger charge is 2.47. The van der Waals surface area contributed by atoms with Crippen molar-refractivity contribution >= 4 is 5.78 Å². The molecule has 0 aromatic rings. The molecule has 3 heteroatoms. The first-order chi connectivity index (χ1) is 6.64. The minimum Gasteiger partial charge on any atom is -0.382 e. The fraction of sp³-hybridized carbons (Fsp3) is 0.909. The van der Waals surface area contributed by atoms with Crippen LogP contribution in [0.25, 0.3) is 0 Å². The summed E-state index contributed by atoms with van der Waals surface area (Å²) in [5.74, 6) is 0.110. The Hall–Kier alpha value is -0.410. The Balaban J connectivity index is 2.20. The van der Waals surface area contributed by atoms with Crippen molar-refractivity contribution < 1.29 is 9.90 Å². The molecule has 0 aromatic carbocycles. The smallest absolute Gasteiger partial charge is 0.161 e. The number of nitrogens with one attached hydrogen (secondary N) is 1. The van der Waals surface area contributed by atoms with Crippen LogP contribution in [0.15, 0.2) is 0 Å². The van der Waals surface area contributed by atoms with Crippen molar-refractivity contribution in [2.45, 2.75) is 50.7 Å². The maximum atomic E-state index is 11.5. The number of aliphatic hydroxyl groups is 1. The zero-order valence-corrected chi connectivity index (χ0v) is 8.75. The van der Waals surface area contributed by atoms with Crippen LogP contribution in [0.1, 0.15) is 39.0 Å². The molecule has 3 nitrogen and oxygen atoms in total. The standard InChI is InChI=1S/C11H19NO2/c1-8(13)11(14)6-7-12-10-5-3-2-4-9(10)11/h9-10,12,14H,2-7H2,1H3. The molecule has 14 heavy (non-hydrogen) atoms. The fourth-order valence-electron chi connectivity index (χ4n) is 3.02. The third-order valence-corrected chi connectivity index (χ3v) is 3.90. The van der Waals surface area contributed by atoms with E-state index in [0.29, 0.717) is 12.5 Å². The Bertz CT molecular complexity index is 239. The van der Waals surface area contributed by atoms with Crippen LogP contribution >= 0.6 is 0 Å². The molecule has 1 heterocycles. The molecule has 2 aliphatic rings. The predicted octanol–water partition coefficient (Wildman–Crippen LogP) is 0.859. The van der Waals surface area contributed by atoms with Crippen molar-refractivity contribution in [3.63, 3.8) is 0 Å². The van der Waals surface area contributed by atoms with Gasteiger partial charge in [-0.1, -0.05) is 12.8 Å². The van der Waals surface area contributed by atoms with Gasteiger partial charge in [0, 0.05) is 12.0 Å². The number of rotatable bonds is 1. The topological polar surface area (TPSA) is 49.3 Å². The second kappa shape index (κ2) is 3.63. The number of hydrogen-bond acceptors (Lipinski definition) is 3. The highest BCUT2D eigenvalue weighted by atomic mass is 16.3. The van der Waals surface area contributed by atoms with Gasteiger partial charge in [-0.3, -0.25) is 4.79 Å². The van der Waals surface area contributed by atoms with E-state index in [9.17, 15) is 9.90 Å². The summed E-state index contributed by atoms with van der Waals surface area (Å²) >= 11 is 0. The molecule has 1 aliphatic heterocycles. The van der Waals surface area contributed by atoms with Crippen LogP contribution in [0.4, 0.5) is 0 Å². The van der Waals surface area contributed by atoms with Gasteiger partial charge in [-0.05, 0) is 32.7 Å². The predicted molar refractivity (Wildman–Crippen MR) is 54.0 cm³/mol. The van der Waals surface area contributed by atoms with Crippen molar-refractivity contribution in [2.24, 2.45) is 5.92 Å². The van der Waals surface area contributed by atoms with Gasteiger partial charge in [0.15, 0.2) is 5.78 Å². The monoisotopic (exact) mass is 197 g/mol. The van der Waals surface area contributed by atoms with Crippen LogP contribution in [0, 0.1) is 5.92 Å². The average molecular weight is 197 g/mol. The molecule has 0 bridgehead atoms. The highest BCUT2D eigenvalue weighted by Crippen LogP contribution is 2.38. The largest absolute Gasteiger partial charge is 0.382 e. The van der Waals surface area contributed by atoms with Crippen LogP contribution < -0.4 is 5.32 Å². The Morgan fingerprint density at radius 3 is 2.86 bits per heavy atom.